The van der Waals surface area contributed by atoms with Gasteiger partial charge in [0.2, 0.25) is 5.91 Å². The Morgan fingerprint density at radius 3 is 2.66 bits per heavy atom. The van der Waals surface area contributed by atoms with E-state index in [9.17, 15) is 9.59 Å². The van der Waals surface area contributed by atoms with Crippen molar-refractivity contribution >= 4 is 61.5 Å². The first kappa shape index (κ1) is 20.3. The van der Waals surface area contributed by atoms with Gasteiger partial charge in [0.25, 0.3) is 5.91 Å². The van der Waals surface area contributed by atoms with Crippen LogP contribution in [-0.4, -0.2) is 27.0 Å². The largest absolute Gasteiger partial charge is 0.365 e. The molecule has 1 aliphatic rings. The second kappa shape index (κ2) is 7.70. The van der Waals surface area contributed by atoms with Crippen LogP contribution in [0.3, 0.4) is 0 Å². The summed E-state index contributed by atoms with van der Waals surface area (Å²) in [5.41, 5.74) is 8.25. The zero-order valence-corrected chi connectivity index (χ0v) is 19.2. The Kier molecular flexibility index (Phi) is 5.39. The summed E-state index contributed by atoms with van der Waals surface area (Å²) in [6.07, 6.45) is 2.82. The summed E-state index contributed by atoms with van der Waals surface area (Å²) in [6, 6.07) is 0. The molecule has 3 N–H and O–H groups in total. The molecular weight excluding hydrogens is 424 g/mol. The highest BCUT2D eigenvalue weighted by molar-refractivity contribution is 8.00. The number of rotatable bonds is 5. The van der Waals surface area contributed by atoms with Crippen LogP contribution in [0.4, 0.5) is 5.00 Å². The van der Waals surface area contributed by atoms with Crippen molar-refractivity contribution in [3.8, 4) is 0 Å². The van der Waals surface area contributed by atoms with Gasteiger partial charge in [-0.1, -0.05) is 11.8 Å². The maximum Gasteiger partial charge on any atom is 0.251 e. The monoisotopic (exact) mass is 446 g/mol. The van der Waals surface area contributed by atoms with Crippen LogP contribution in [0, 0.1) is 20.8 Å². The van der Waals surface area contributed by atoms with Gasteiger partial charge in [0, 0.05) is 15.1 Å². The molecule has 1 atom stereocenters. The Labute approximate surface area is 181 Å². The quantitative estimate of drug-likeness (QED) is 0.447. The smallest absolute Gasteiger partial charge is 0.251 e. The predicted octanol–water partition coefficient (Wildman–Crippen LogP) is 4.38. The molecule has 4 rings (SSSR count). The molecule has 0 aromatic carbocycles. The van der Waals surface area contributed by atoms with Crippen LogP contribution >= 0.6 is 34.4 Å². The number of aromatic nitrogens is 2. The lowest BCUT2D eigenvalue weighted by Crippen LogP contribution is -2.24. The number of fused-ring (bicyclic) bond motifs is 2. The first-order valence-corrected chi connectivity index (χ1v) is 11.9. The third-order valence-electron chi connectivity index (χ3n) is 5.17. The van der Waals surface area contributed by atoms with Gasteiger partial charge < -0.3 is 11.1 Å². The average molecular weight is 447 g/mol. The van der Waals surface area contributed by atoms with Crippen molar-refractivity contribution in [3.63, 3.8) is 0 Å². The van der Waals surface area contributed by atoms with Crippen LogP contribution in [0.2, 0.25) is 0 Å². The van der Waals surface area contributed by atoms with Crippen LogP contribution in [-0.2, 0) is 17.6 Å². The number of thioether (sulfide) groups is 1. The Morgan fingerprint density at radius 1 is 1.17 bits per heavy atom. The third kappa shape index (κ3) is 3.67. The molecule has 29 heavy (non-hydrogen) atoms. The van der Waals surface area contributed by atoms with E-state index in [1.165, 1.54) is 28.0 Å². The Bertz CT molecular complexity index is 1150. The Morgan fingerprint density at radius 2 is 1.93 bits per heavy atom. The van der Waals surface area contributed by atoms with Crippen molar-refractivity contribution in [2.75, 3.05) is 5.32 Å². The number of carbonyl (C=O) groups excluding carboxylic acids is 2. The maximum atomic E-state index is 12.9. The lowest BCUT2D eigenvalue weighted by Gasteiger charge is -2.13. The highest BCUT2D eigenvalue weighted by Gasteiger charge is 2.28. The summed E-state index contributed by atoms with van der Waals surface area (Å²) >= 11 is 4.54. The van der Waals surface area contributed by atoms with Crippen LogP contribution in [0.25, 0.3) is 10.2 Å². The summed E-state index contributed by atoms with van der Waals surface area (Å²) in [6.45, 7) is 7.85. The zero-order chi connectivity index (χ0) is 20.9. The number of anilines is 1. The van der Waals surface area contributed by atoms with Crippen LogP contribution < -0.4 is 11.1 Å². The van der Waals surface area contributed by atoms with E-state index in [2.05, 4.69) is 29.1 Å². The minimum atomic E-state index is -0.475. The highest BCUT2D eigenvalue weighted by atomic mass is 32.2. The van der Waals surface area contributed by atoms with Crippen LogP contribution in [0.1, 0.15) is 50.4 Å². The van der Waals surface area contributed by atoms with E-state index in [0.29, 0.717) is 16.4 Å². The number of hydrogen-bond donors (Lipinski definition) is 2. The van der Waals surface area contributed by atoms with Gasteiger partial charge in [0.1, 0.15) is 20.7 Å². The summed E-state index contributed by atoms with van der Waals surface area (Å²) in [7, 11) is 0. The zero-order valence-electron chi connectivity index (χ0n) is 16.7. The van der Waals surface area contributed by atoms with Gasteiger partial charge >= 0.3 is 0 Å². The molecule has 1 aliphatic carbocycles. The number of amides is 2. The van der Waals surface area contributed by atoms with E-state index < -0.39 is 5.91 Å². The molecular formula is C20H22N4O2S3. The number of nitrogens with zero attached hydrogens (tertiary/aromatic N) is 2. The lowest BCUT2D eigenvalue weighted by atomic mass is 10.1. The molecule has 152 valence electrons. The number of carbonyl (C=O) groups is 2. The normalized spacial score (nSPS) is 14.2. The molecule has 0 aliphatic heterocycles. The topological polar surface area (TPSA) is 98.0 Å². The molecule has 9 heteroatoms. The number of thiophene rings is 2. The molecule has 0 saturated carbocycles. The number of primary amides is 1. The second-order valence-electron chi connectivity index (χ2n) is 7.21. The van der Waals surface area contributed by atoms with Crippen molar-refractivity contribution < 1.29 is 9.59 Å². The molecule has 1 unspecified atom stereocenters. The van der Waals surface area contributed by atoms with E-state index in [0.717, 1.165) is 50.5 Å². The van der Waals surface area contributed by atoms with Crippen LogP contribution in [0.5, 0.6) is 0 Å². The maximum absolute atomic E-state index is 12.9. The molecule has 3 aromatic heterocycles. The SMILES string of the molecule is Cc1nc(SC(C)C(=O)Nc2sc3c(c2C(N)=O)CCC3)c2c(C)c(C)sc2n1. The average Bonchev–Trinajstić information content (AvgIpc) is 3.28. The fourth-order valence-electron chi connectivity index (χ4n) is 3.59. The van der Waals surface area contributed by atoms with E-state index in [4.69, 9.17) is 5.73 Å². The minimum Gasteiger partial charge on any atom is -0.365 e. The molecule has 0 radical (unpaired) electrons. The molecule has 6 nitrogen and oxygen atoms in total. The third-order valence-corrected chi connectivity index (χ3v) is 8.56. The van der Waals surface area contributed by atoms with Gasteiger partial charge in [-0.2, -0.15) is 0 Å². The van der Waals surface area contributed by atoms with Crippen molar-refractivity contribution in [2.45, 2.75) is 57.2 Å². The minimum absolute atomic E-state index is 0.161. The predicted molar refractivity (Wildman–Crippen MR) is 120 cm³/mol. The lowest BCUT2D eigenvalue weighted by molar-refractivity contribution is -0.115. The standard InChI is InChI=1S/C20H22N4O2S3/c1-8-9(2)27-18-14(8)19(23-11(4)22-18)28-10(3)17(26)24-20-15(16(21)25)12-6-5-7-13(12)29-20/h10H,5-7H2,1-4H3,(H2,21,25)(H,24,26). The molecule has 0 saturated heterocycles. The van der Waals surface area contributed by atoms with Gasteiger partial charge in [0.05, 0.1) is 10.8 Å². The Hall–Kier alpha value is -1.97. The van der Waals surface area contributed by atoms with E-state index in [1.54, 1.807) is 11.3 Å². The summed E-state index contributed by atoms with van der Waals surface area (Å²) in [5, 5.41) is 4.98. The molecule has 0 bridgehead atoms. The molecule has 3 aromatic rings. The second-order valence-corrected chi connectivity index (χ2v) is 10.9. The van der Waals surface area contributed by atoms with E-state index in [1.807, 2.05) is 13.8 Å². The summed E-state index contributed by atoms with van der Waals surface area (Å²) < 4.78 is 0. The highest BCUT2D eigenvalue weighted by Crippen LogP contribution is 2.40. The van der Waals surface area contributed by atoms with Crippen molar-refractivity contribution in [1.82, 2.24) is 9.97 Å². The van der Waals surface area contributed by atoms with Crippen molar-refractivity contribution in [2.24, 2.45) is 5.73 Å². The first-order chi connectivity index (χ1) is 13.8. The fourth-order valence-corrected chi connectivity index (χ4v) is 7.08. The van der Waals surface area contributed by atoms with Crippen molar-refractivity contribution in [1.29, 1.82) is 0 Å². The van der Waals surface area contributed by atoms with Crippen LogP contribution in [0.15, 0.2) is 5.03 Å². The first-order valence-electron chi connectivity index (χ1n) is 9.42. The summed E-state index contributed by atoms with van der Waals surface area (Å²) in [5.74, 6) is 0.0588. The van der Waals surface area contributed by atoms with E-state index >= 15 is 0 Å². The Balaban J connectivity index is 1.59. The van der Waals surface area contributed by atoms with Gasteiger partial charge in [-0.25, -0.2) is 9.97 Å². The molecule has 3 heterocycles. The molecule has 0 spiro atoms. The van der Waals surface area contributed by atoms with Crippen molar-refractivity contribution in [3.05, 3.63) is 32.3 Å². The summed E-state index contributed by atoms with van der Waals surface area (Å²) in [4.78, 5) is 37.3. The number of nitrogens with one attached hydrogen (secondary N) is 1. The molecule has 2 amide bonds. The van der Waals surface area contributed by atoms with Gasteiger partial charge in [0.15, 0.2) is 0 Å². The number of nitrogens with two attached hydrogens (primary N) is 1. The van der Waals surface area contributed by atoms with Gasteiger partial charge in [-0.15, -0.1) is 22.7 Å². The number of aryl methyl sites for hydroxylation is 4. The number of hydrogen-bond acceptors (Lipinski definition) is 7. The van der Waals surface area contributed by atoms with Gasteiger partial charge in [-0.3, -0.25) is 9.59 Å². The van der Waals surface area contributed by atoms with E-state index in [-0.39, 0.29) is 11.2 Å². The fraction of sp³-hybridized carbons (Fsp3) is 0.400. The van der Waals surface area contributed by atoms with Gasteiger partial charge in [-0.05, 0) is 58.1 Å². The molecule has 0 fully saturated rings.